The van der Waals surface area contributed by atoms with Crippen molar-refractivity contribution in [3.63, 3.8) is 0 Å². The molecule has 1 atom stereocenters. The van der Waals surface area contributed by atoms with Crippen molar-refractivity contribution in [3.8, 4) is 0 Å². The molecule has 0 saturated carbocycles. The van der Waals surface area contributed by atoms with Crippen LogP contribution in [-0.2, 0) is 6.54 Å². The van der Waals surface area contributed by atoms with Crippen molar-refractivity contribution < 1.29 is 0 Å². The predicted octanol–water partition coefficient (Wildman–Crippen LogP) is 4.20. The van der Waals surface area contributed by atoms with Crippen molar-refractivity contribution in [2.45, 2.75) is 19.5 Å². The normalized spacial score (nSPS) is 12.6. The van der Waals surface area contributed by atoms with Gasteiger partial charge >= 0.3 is 0 Å². The Labute approximate surface area is 114 Å². The molecule has 0 aliphatic carbocycles. The van der Waals surface area contributed by atoms with E-state index in [-0.39, 0.29) is 0 Å². The van der Waals surface area contributed by atoms with Gasteiger partial charge in [0, 0.05) is 21.0 Å². The molecule has 0 aliphatic rings. The first-order valence-electron chi connectivity index (χ1n) is 5.27. The van der Waals surface area contributed by atoms with E-state index >= 15 is 0 Å². The van der Waals surface area contributed by atoms with Crippen LogP contribution in [0.15, 0.2) is 41.8 Å². The van der Waals surface area contributed by atoms with Crippen LogP contribution in [0, 0.1) is 3.57 Å². The largest absolute Gasteiger partial charge is 0.305 e. The lowest BCUT2D eigenvalue weighted by atomic mass is 10.2. The monoisotopic (exact) mass is 343 g/mol. The molecule has 0 spiro atoms. The van der Waals surface area contributed by atoms with E-state index in [0.29, 0.717) is 6.04 Å². The Morgan fingerprint density at radius 1 is 1.25 bits per heavy atom. The molecule has 0 unspecified atom stereocenters. The van der Waals surface area contributed by atoms with Crippen LogP contribution in [0.4, 0.5) is 0 Å². The molecule has 2 aromatic rings. The van der Waals surface area contributed by atoms with Gasteiger partial charge in [-0.05, 0) is 58.7 Å². The molecule has 0 aliphatic heterocycles. The smallest absolute Gasteiger partial charge is 0.0388 e. The highest BCUT2D eigenvalue weighted by molar-refractivity contribution is 14.1. The third-order valence-corrected chi connectivity index (χ3v) is 4.27. The molecule has 0 amide bonds. The zero-order valence-electron chi connectivity index (χ0n) is 9.11. The minimum Gasteiger partial charge on any atom is -0.305 e. The lowest BCUT2D eigenvalue weighted by Crippen LogP contribution is -2.16. The molecule has 0 bridgehead atoms. The van der Waals surface area contributed by atoms with Crippen LogP contribution in [-0.4, -0.2) is 0 Å². The summed E-state index contributed by atoms with van der Waals surface area (Å²) in [5, 5.41) is 5.65. The van der Waals surface area contributed by atoms with Gasteiger partial charge in [0.25, 0.3) is 0 Å². The minimum atomic E-state index is 0.430. The molecule has 0 saturated heterocycles. The van der Waals surface area contributed by atoms with E-state index in [9.17, 15) is 0 Å². The number of rotatable bonds is 4. The van der Waals surface area contributed by atoms with Crippen LogP contribution in [0.25, 0.3) is 0 Å². The van der Waals surface area contributed by atoms with E-state index in [4.69, 9.17) is 0 Å². The molecule has 2 rings (SSSR count). The topological polar surface area (TPSA) is 12.0 Å². The van der Waals surface area contributed by atoms with Gasteiger partial charge in [-0.3, -0.25) is 0 Å². The minimum absolute atomic E-state index is 0.430. The number of nitrogens with one attached hydrogen (secondary N) is 1. The Bertz CT molecular complexity index is 422. The van der Waals surface area contributed by atoms with Crippen LogP contribution in [0.2, 0.25) is 0 Å². The van der Waals surface area contributed by atoms with Crippen molar-refractivity contribution >= 4 is 33.9 Å². The van der Waals surface area contributed by atoms with Gasteiger partial charge in [0.2, 0.25) is 0 Å². The summed E-state index contributed by atoms with van der Waals surface area (Å²) in [4.78, 5) is 1.39. The second-order valence-corrected chi connectivity index (χ2v) is 5.97. The SMILES string of the molecule is C[C@H](NCc1ccc(I)cc1)c1cccs1. The Hall–Kier alpha value is -0.390. The number of halogens is 1. The molecule has 16 heavy (non-hydrogen) atoms. The van der Waals surface area contributed by atoms with Crippen molar-refractivity contribution in [1.29, 1.82) is 0 Å². The third-order valence-electron chi connectivity index (χ3n) is 2.50. The number of hydrogen-bond acceptors (Lipinski definition) is 2. The maximum atomic E-state index is 3.53. The second-order valence-electron chi connectivity index (χ2n) is 3.74. The average Bonchev–Trinajstić information content (AvgIpc) is 2.81. The summed E-state index contributed by atoms with van der Waals surface area (Å²) < 4.78 is 1.28. The average molecular weight is 343 g/mol. The van der Waals surface area contributed by atoms with Gasteiger partial charge < -0.3 is 5.32 Å². The fourth-order valence-corrected chi connectivity index (χ4v) is 2.63. The van der Waals surface area contributed by atoms with Crippen LogP contribution in [0.5, 0.6) is 0 Å². The van der Waals surface area contributed by atoms with Gasteiger partial charge in [-0.25, -0.2) is 0 Å². The maximum Gasteiger partial charge on any atom is 0.0388 e. The summed E-state index contributed by atoms with van der Waals surface area (Å²) in [5.74, 6) is 0. The van der Waals surface area contributed by atoms with Crippen LogP contribution in [0.3, 0.4) is 0 Å². The summed E-state index contributed by atoms with van der Waals surface area (Å²) in [7, 11) is 0. The van der Waals surface area contributed by atoms with Crippen LogP contribution < -0.4 is 5.32 Å². The standard InChI is InChI=1S/C13H14INS/c1-10(13-3-2-8-16-13)15-9-11-4-6-12(14)7-5-11/h2-8,10,15H,9H2,1H3/t10-/m0/s1. The van der Waals surface area contributed by atoms with Gasteiger partial charge in [-0.15, -0.1) is 11.3 Å². The molecular weight excluding hydrogens is 329 g/mol. The lowest BCUT2D eigenvalue weighted by molar-refractivity contribution is 0.583. The highest BCUT2D eigenvalue weighted by atomic mass is 127. The van der Waals surface area contributed by atoms with E-state index in [1.807, 2.05) is 0 Å². The zero-order valence-corrected chi connectivity index (χ0v) is 12.1. The van der Waals surface area contributed by atoms with Gasteiger partial charge in [-0.2, -0.15) is 0 Å². The summed E-state index contributed by atoms with van der Waals surface area (Å²) in [6.45, 7) is 3.13. The molecule has 0 fully saturated rings. The van der Waals surface area contributed by atoms with E-state index in [2.05, 4.69) is 76.6 Å². The Kier molecular flexibility index (Phi) is 4.37. The van der Waals surface area contributed by atoms with Crippen molar-refractivity contribution in [2.75, 3.05) is 0 Å². The highest BCUT2D eigenvalue weighted by Gasteiger charge is 2.04. The van der Waals surface area contributed by atoms with E-state index < -0.39 is 0 Å². The van der Waals surface area contributed by atoms with Gasteiger partial charge in [0.15, 0.2) is 0 Å². The summed E-state index contributed by atoms with van der Waals surface area (Å²) in [6, 6.07) is 13.4. The molecule has 1 heterocycles. The third kappa shape index (κ3) is 3.30. The van der Waals surface area contributed by atoms with Gasteiger partial charge in [0.05, 0.1) is 0 Å². The summed E-state index contributed by atoms with van der Waals surface area (Å²) in [6.07, 6.45) is 0. The summed E-state index contributed by atoms with van der Waals surface area (Å²) in [5.41, 5.74) is 1.34. The van der Waals surface area contributed by atoms with E-state index in [0.717, 1.165) is 6.54 Å². The van der Waals surface area contributed by atoms with Crippen molar-refractivity contribution in [2.24, 2.45) is 0 Å². The Morgan fingerprint density at radius 2 is 2.00 bits per heavy atom. The highest BCUT2D eigenvalue weighted by Crippen LogP contribution is 2.18. The fourth-order valence-electron chi connectivity index (χ4n) is 1.51. The first-order valence-corrected chi connectivity index (χ1v) is 7.23. The molecule has 3 heteroatoms. The van der Waals surface area contributed by atoms with Gasteiger partial charge in [0.1, 0.15) is 0 Å². The molecule has 1 nitrogen and oxygen atoms in total. The zero-order chi connectivity index (χ0) is 11.4. The van der Waals surface area contributed by atoms with E-state index in [1.54, 1.807) is 11.3 Å². The molecular formula is C13H14INS. The van der Waals surface area contributed by atoms with Gasteiger partial charge in [-0.1, -0.05) is 18.2 Å². The Morgan fingerprint density at radius 3 is 2.62 bits per heavy atom. The summed E-state index contributed by atoms with van der Waals surface area (Å²) >= 11 is 4.13. The fraction of sp³-hybridized carbons (Fsp3) is 0.231. The first-order chi connectivity index (χ1) is 7.75. The Balaban J connectivity index is 1.90. The number of benzene rings is 1. The van der Waals surface area contributed by atoms with Crippen molar-refractivity contribution in [1.82, 2.24) is 5.32 Å². The van der Waals surface area contributed by atoms with Crippen LogP contribution >= 0.6 is 33.9 Å². The number of hydrogen-bond donors (Lipinski definition) is 1. The van der Waals surface area contributed by atoms with Crippen molar-refractivity contribution in [3.05, 3.63) is 55.8 Å². The van der Waals surface area contributed by atoms with Crippen LogP contribution in [0.1, 0.15) is 23.4 Å². The molecule has 1 aromatic heterocycles. The second kappa shape index (κ2) is 5.80. The molecule has 1 N–H and O–H groups in total. The predicted molar refractivity (Wildman–Crippen MR) is 78.7 cm³/mol. The quantitative estimate of drug-likeness (QED) is 0.821. The number of thiophene rings is 1. The van der Waals surface area contributed by atoms with E-state index in [1.165, 1.54) is 14.0 Å². The first kappa shape index (κ1) is 12.1. The maximum absolute atomic E-state index is 3.53. The molecule has 84 valence electrons. The molecule has 1 aromatic carbocycles. The lowest BCUT2D eigenvalue weighted by Gasteiger charge is -2.12. The molecule has 0 radical (unpaired) electrons.